The minimum absolute atomic E-state index is 0.0230. The Morgan fingerprint density at radius 2 is 1.40 bits per heavy atom. The van der Waals surface area contributed by atoms with Gasteiger partial charge in [0.2, 0.25) is 0 Å². The van der Waals surface area contributed by atoms with Gasteiger partial charge in [-0.1, -0.05) is 72.8 Å². The Bertz CT molecular complexity index is 2290. The normalized spacial score (nSPS) is 17.9. The summed E-state index contributed by atoms with van der Waals surface area (Å²) in [6.07, 6.45) is -2.20. The first-order chi connectivity index (χ1) is 31.5. The SMILES string of the molecule is COCCO[C@H]1C(OP(OCCC#N)N(C(C)C)C(C)C)[C@@H](COC(c2ccccc2)(c2ccc(OC)cc2)c2ccc(OC)cc2)O[C@H]1n1ccc(NC(=O)c2ccccc2)nc1=O. The molecule has 2 unspecified atom stereocenters. The molecule has 5 aromatic rings. The molecule has 1 aromatic heterocycles. The van der Waals surface area contributed by atoms with E-state index in [4.69, 9.17) is 37.5 Å². The van der Waals surface area contributed by atoms with Crippen LogP contribution in [0.15, 0.2) is 126 Å². The first-order valence-corrected chi connectivity index (χ1v) is 22.6. The fraction of sp³-hybridized carbons (Fsp3) is 0.388. The highest BCUT2D eigenvalue weighted by molar-refractivity contribution is 7.44. The summed E-state index contributed by atoms with van der Waals surface area (Å²) in [5, 5.41) is 12.2. The van der Waals surface area contributed by atoms with E-state index in [0.29, 0.717) is 17.1 Å². The van der Waals surface area contributed by atoms with Crippen molar-refractivity contribution in [2.24, 2.45) is 0 Å². The molecule has 6 rings (SSSR count). The van der Waals surface area contributed by atoms with E-state index >= 15 is 0 Å². The molecule has 15 nitrogen and oxygen atoms in total. The number of nitrogens with zero attached hydrogens (tertiary/aromatic N) is 4. The van der Waals surface area contributed by atoms with Crippen molar-refractivity contribution in [2.75, 3.05) is 53.1 Å². The second-order valence-electron chi connectivity index (χ2n) is 15.6. The zero-order valence-electron chi connectivity index (χ0n) is 37.9. The topological polar surface area (TPSA) is 165 Å². The van der Waals surface area contributed by atoms with Gasteiger partial charge >= 0.3 is 5.69 Å². The Hall–Kier alpha value is -5.53. The molecule has 0 aliphatic carbocycles. The van der Waals surface area contributed by atoms with Crippen LogP contribution in [0, 0.1) is 11.3 Å². The highest BCUT2D eigenvalue weighted by atomic mass is 31.2. The molecule has 1 fully saturated rings. The maximum Gasteiger partial charge on any atom is 0.351 e. The predicted octanol–water partition coefficient (Wildman–Crippen LogP) is 8.11. The summed E-state index contributed by atoms with van der Waals surface area (Å²) >= 11 is 0. The molecule has 344 valence electrons. The van der Waals surface area contributed by atoms with Crippen LogP contribution in [-0.4, -0.2) is 98.3 Å². The number of methoxy groups -OCH3 is 3. The number of carbonyl (C=O) groups is 1. The van der Waals surface area contributed by atoms with Crippen LogP contribution in [0.5, 0.6) is 11.5 Å². The lowest BCUT2D eigenvalue weighted by atomic mass is 9.80. The van der Waals surface area contributed by atoms with Crippen molar-refractivity contribution in [1.29, 1.82) is 5.26 Å². The van der Waals surface area contributed by atoms with Crippen LogP contribution >= 0.6 is 8.53 Å². The molecular formula is C49H58N5O10P. The molecule has 0 bridgehead atoms. The Morgan fingerprint density at radius 1 is 0.815 bits per heavy atom. The Kier molecular flexibility index (Phi) is 17.8. The largest absolute Gasteiger partial charge is 0.497 e. The van der Waals surface area contributed by atoms with Crippen LogP contribution in [0.4, 0.5) is 5.82 Å². The third-order valence-corrected chi connectivity index (χ3v) is 12.9. The standard InChI is InChI=1S/C49H58N5O10P/c1-34(2)54(35(3)4)65(62-30-14-28-50)64-44-42(63-47(45(44)60-32-31-57-5)53-29-27-43(52-48(53)56)51-46(55)36-15-10-8-11-16-36)33-61-49(37-17-12-9-13-18-37,38-19-23-40(58-6)24-20-38)39-21-25-41(59-7)26-22-39/h8-13,15-27,29,34-35,42,44-45,47H,14,30-33H2,1-7H3,(H,51,52,55,56)/t42-,44?,45+,47-,65?/m1/s1. The number of hydrogen-bond donors (Lipinski definition) is 1. The molecule has 2 heterocycles. The number of ether oxygens (including phenoxy) is 6. The summed E-state index contributed by atoms with van der Waals surface area (Å²) in [5.41, 5.74) is 0.914. The Labute approximate surface area is 382 Å². The molecule has 1 amide bonds. The average molecular weight is 908 g/mol. The third-order valence-electron chi connectivity index (χ3n) is 10.8. The average Bonchev–Trinajstić information content (AvgIpc) is 3.65. The van der Waals surface area contributed by atoms with Crippen LogP contribution in [0.1, 0.15) is 67.4 Å². The number of hydrogen-bond acceptors (Lipinski definition) is 13. The number of anilines is 1. The van der Waals surface area contributed by atoms with Crippen molar-refractivity contribution in [2.45, 2.75) is 76.3 Å². The molecule has 0 spiro atoms. The van der Waals surface area contributed by atoms with Gasteiger partial charge in [0.25, 0.3) is 14.4 Å². The molecular weight excluding hydrogens is 850 g/mol. The minimum Gasteiger partial charge on any atom is -0.497 e. The summed E-state index contributed by atoms with van der Waals surface area (Å²) in [6, 6.07) is 37.6. The summed E-state index contributed by atoms with van der Waals surface area (Å²) in [5.74, 6) is 0.990. The number of nitriles is 1. The van der Waals surface area contributed by atoms with Crippen LogP contribution < -0.4 is 20.5 Å². The van der Waals surface area contributed by atoms with Crippen molar-refractivity contribution in [3.05, 3.63) is 154 Å². The summed E-state index contributed by atoms with van der Waals surface area (Å²) in [6.45, 7) is 8.59. The molecule has 65 heavy (non-hydrogen) atoms. The van der Waals surface area contributed by atoms with Gasteiger partial charge in [0.05, 0.1) is 53.1 Å². The minimum atomic E-state index is -1.85. The van der Waals surface area contributed by atoms with E-state index in [1.807, 2.05) is 84.9 Å². The van der Waals surface area contributed by atoms with E-state index in [9.17, 15) is 14.9 Å². The first kappa shape index (κ1) is 48.9. The van der Waals surface area contributed by atoms with E-state index in [1.165, 1.54) is 16.8 Å². The summed E-state index contributed by atoms with van der Waals surface area (Å²) in [4.78, 5) is 31.4. The number of aromatic nitrogens is 2. The van der Waals surface area contributed by atoms with Crippen LogP contribution in [0.3, 0.4) is 0 Å². The Morgan fingerprint density at radius 3 is 1.94 bits per heavy atom. The van der Waals surface area contributed by atoms with E-state index in [2.05, 4.69) is 48.7 Å². The number of carbonyl (C=O) groups excluding carboxylic acids is 1. The summed E-state index contributed by atoms with van der Waals surface area (Å²) in [7, 11) is 2.95. The zero-order chi connectivity index (χ0) is 46.3. The van der Waals surface area contributed by atoms with Crippen molar-refractivity contribution >= 4 is 20.3 Å². The first-order valence-electron chi connectivity index (χ1n) is 21.5. The van der Waals surface area contributed by atoms with Gasteiger partial charge in [0, 0.05) is 31.0 Å². The molecule has 1 aliphatic rings. The van der Waals surface area contributed by atoms with E-state index in [0.717, 1.165) is 16.7 Å². The lowest BCUT2D eigenvalue weighted by molar-refractivity contribution is -0.0990. The molecule has 4 aromatic carbocycles. The van der Waals surface area contributed by atoms with Gasteiger partial charge in [0.1, 0.15) is 41.2 Å². The van der Waals surface area contributed by atoms with Gasteiger partial charge in [0.15, 0.2) is 6.23 Å². The highest BCUT2D eigenvalue weighted by Gasteiger charge is 2.51. The van der Waals surface area contributed by atoms with Crippen LogP contribution in [-0.2, 0) is 33.6 Å². The van der Waals surface area contributed by atoms with Gasteiger partial charge < -0.3 is 42.8 Å². The number of rotatable bonds is 23. The number of amides is 1. The van der Waals surface area contributed by atoms with E-state index < -0.39 is 50.3 Å². The van der Waals surface area contributed by atoms with Crippen molar-refractivity contribution in [1.82, 2.24) is 14.2 Å². The maximum atomic E-state index is 14.1. The molecule has 1 aliphatic heterocycles. The maximum absolute atomic E-state index is 14.1. The quantitative estimate of drug-likeness (QED) is 0.0380. The zero-order valence-corrected chi connectivity index (χ0v) is 38.8. The predicted molar refractivity (Wildman–Crippen MR) is 247 cm³/mol. The van der Waals surface area contributed by atoms with E-state index in [-0.39, 0.29) is 50.7 Å². The molecule has 0 saturated carbocycles. The molecule has 0 radical (unpaired) electrons. The molecule has 1 N–H and O–H groups in total. The van der Waals surface area contributed by atoms with Crippen LogP contribution in [0.25, 0.3) is 0 Å². The highest BCUT2D eigenvalue weighted by Crippen LogP contribution is 2.51. The second-order valence-corrected chi connectivity index (χ2v) is 17.1. The monoisotopic (exact) mass is 907 g/mol. The van der Waals surface area contributed by atoms with Gasteiger partial charge in [-0.15, -0.1) is 0 Å². The van der Waals surface area contributed by atoms with Gasteiger partial charge in [-0.05, 0) is 86.8 Å². The fourth-order valence-corrected chi connectivity index (χ4v) is 9.54. The lowest BCUT2D eigenvalue weighted by Crippen LogP contribution is -2.43. The number of nitrogens with one attached hydrogen (secondary N) is 1. The van der Waals surface area contributed by atoms with Gasteiger partial charge in [-0.2, -0.15) is 10.2 Å². The van der Waals surface area contributed by atoms with Crippen molar-refractivity contribution in [3.63, 3.8) is 0 Å². The smallest absolute Gasteiger partial charge is 0.351 e. The second kappa shape index (κ2) is 23.6. The van der Waals surface area contributed by atoms with Crippen LogP contribution in [0.2, 0.25) is 0 Å². The number of benzene rings is 4. The van der Waals surface area contributed by atoms with Gasteiger partial charge in [-0.25, -0.2) is 9.46 Å². The van der Waals surface area contributed by atoms with Crippen molar-refractivity contribution in [3.8, 4) is 17.6 Å². The Balaban J connectivity index is 1.47. The van der Waals surface area contributed by atoms with Crippen molar-refractivity contribution < 1.29 is 42.3 Å². The fourth-order valence-electron chi connectivity index (χ4n) is 7.77. The lowest BCUT2D eigenvalue weighted by Gasteiger charge is -2.39. The molecule has 1 saturated heterocycles. The summed E-state index contributed by atoms with van der Waals surface area (Å²) < 4.78 is 54.4. The third kappa shape index (κ3) is 11.8. The molecule has 16 heteroatoms. The van der Waals surface area contributed by atoms with E-state index in [1.54, 1.807) is 45.6 Å². The van der Waals surface area contributed by atoms with Gasteiger partial charge in [-0.3, -0.25) is 9.36 Å². The molecule has 5 atom stereocenters.